The summed E-state index contributed by atoms with van der Waals surface area (Å²) in [4.78, 5) is 13.2. The zero-order valence-corrected chi connectivity index (χ0v) is 8.61. The van der Waals surface area contributed by atoms with E-state index in [2.05, 4.69) is 4.90 Å². The van der Waals surface area contributed by atoms with Gasteiger partial charge in [-0.15, -0.1) is 0 Å². The fraction of sp³-hybridized carbons (Fsp3) is 0.909. The van der Waals surface area contributed by atoms with Gasteiger partial charge in [0.25, 0.3) is 0 Å². The Balaban J connectivity index is 1.78. The smallest absolute Gasteiger partial charge is 0.307 e. The molecular weight excluding hydrogens is 178 g/mol. The Morgan fingerprint density at radius 2 is 2.07 bits per heavy atom. The zero-order valence-electron chi connectivity index (χ0n) is 8.61. The van der Waals surface area contributed by atoms with Crippen LogP contribution >= 0.6 is 0 Å². The SMILES string of the molecule is O=C(O)C1CCCN(CC2CCC2)C1. The topological polar surface area (TPSA) is 40.5 Å². The molecule has 0 amide bonds. The van der Waals surface area contributed by atoms with Crippen molar-refractivity contribution in [3.8, 4) is 0 Å². The first-order valence-corrected chi connectivity index (χ1v) is 5.71. The predicted octanol–water partition coefficient (Wildman–Crippen LogP) is 1.58. The van der Waals surface area contributed by atoms with Crippen LogP contribution in [0, 0.1) is 11.8 Å². The van der Waals surface area contributed by atoms with Crippen LogP contribution in [0.3, 0.4) is 0 Å². The molecule has 1 N–H and O–H groups in total. The standard InChI is InChI=1S/C11H19NO2/c13-11(14)10-5-2-6-12(8-10)7-9-3-1-4-9/h9-10H,1-8H2,(H,13,14). The highest BCUT2D eigenvalue weighted by atomic mass is 16.4. The maximum atomic E-state index is 10.8. The largest absolute Gasteiger partial charge is 0.481 e. The van der Waals surface area contributed by atoms with Gasteiger partial charge in [0, 0.05) is 13.1 Å². The summed E-state index contributed by atoms with van der Waals surface area (Å²) in [5, 5.41) is 8.93. The maximum absolute atomic E-state index is 10.8. The lowest BCUT2D eigenvalue weighted by Crippen LogP contribution is -2.42. The van der Waals surface area contributed by atoms with Crippen LogP contribution in [0.25, 0.3) is 0 Å². The van der Waals surface area contributed by atoms with E-state index in [-0.39, 0.29) is 5.92 Å². The van der Waals surface area contributed by atoms with E-state index in [9.17, 15) is 4.79 Å². The molecule has 1 aliphatic carbocycles. The van der Waals surface area contributed by atoms with Crippen molar-refractivity contribution in [1.82, 2.24) is 4.90 Å². The number of piperidine rings is 1. The Morgan fingerprint density at radius 3 is 2.64 bits per heavy atom. The molecule has 1 heterocycles. The van der Waals surface area contributed by atoms with Gasteiger partial charge >= 0.3 is 5.97 Å². The molecule has 2 rings (SSSR count). The molecule has 0 radical (unpaired) electrons. The van der Waals surface area contributed by atoms with E-state index in [1.54, 1.807) is 0 Å². The number of aliphatic carboxylic acids is 1. The number of rotatable bonds is 3. The summed E-state index contributed by atoms with van der Waals surface area (Å²) in [6.45, 7) is 3.04. The second-order valence-electron chi connectivity index (χ2n) is 4.73. The Labute approximate surface area is 85.1 Å². The molecule has 3 nitrogen and oxygen atoms in total. The average Bonchev–Trinajstić information content (AvgIpc) is 2.12. The number of carboxylic acids is 1. The molecule has 1 unspecified atom stereocenters. The zero-order chi connectivity index (χ0) is 9.97. The third-order valence-corrected chi connectivity index (χ3v) is 3.60. The van der Waals surface area contributed by atoms with Crippen molar-refractivity contribution in [3.05, 3.63) is 0 Å². The van der Waals surface area contributed by atoms with Gasteiger partial charge in [-0.2, -0.15) is 0 Å². The van der Waals surface area contributed by atoms with E-state index in [1.807, 2.05) is 0 Å². The van der Waals surface area contributed by atoms with Crippen molar-refractivity contribution in [2.24, 2.45) is 11.8 Å². The van der Waals surface area contributed by atoms with Crippen molar-refractivity contribution in [1.29, 1.82) is 0 Å². The lowest BCUT2D eigenvalue weighted by molar-refractivity contribution is -0.143. The highest BCUT2D eigenvalue weighted by Crippen LogP contribution is 2.28. The minimum Gasteiger partial charge on any atom is -0.481 e. The van der Waals surface area contributed by atoms with Gasteiger partial charge < -0.3 is 10.0 Å². The van der Waals surface area contributed by atoms with E-state index in [0.29, 0.717) is 0 Å². The minimum absolute atomic E-state index is 0.108. The summed E-state index contributed by atoms with van der Waals surface area (Å²) in [6.07, 6.45) is 6.02. The number of likely N-dealkylation sites (tertiary alicyclic amines) is 1. The maximum Gasteiger partial charge on any atom is 0.307 e. The van der Waals surface area contributed by atoms with Gasteiger partial charge in [0.2, 0.25) is 0 Å². The van der Waals surface area contributed by atoms with Crippen LogP contribution in [0.15, 0.2) is 0 Å². The molecule has 80 valence electrons. The van der Waals surface area contributed by atoms with Gasteiger partial charge in [0.1, 0.15) is 0 Å². The third-order valence-electron chi connectivity index (χ3n) is 3.60. The van der Waals surface area contributed by atoms with Crippen LogP contribution in [0.5, 0.6) is 0 Å². The van der Waals surface area contributed by atoms with E-state index in [4.69, 9.17) is 5.11 Å². The van der Waals surface area contributed by atoms with Crippen molar-refractivity contribution in [2.45, 2.75) is 32.1 Å². The van der Waals surface area contributed by atoms with Crippen molar-refractivity contribution in [2.75, 3.05) is 19.6 Å². The molecule has 0 aromatic heterocycles. The second-order valence-corrected chi connectivity index (χ2v) is 4.73. The Hall–Kier alpha value is -0.570. The van der Waals surface area contributed by atoms with Crippen LogP contribution in [0.4, 0.5) is 0 Å². The second kappa shape index (κ2) is 4.30. The van der Waals surface area contributed by atoms with Gasteiger partial charge in [-0.1, -0.05) is 6.42 Å². The summed E-state index contributed by atoms with van der Waals surface area (Å²) in [7, 11) is 0. The van der Waals surface area contributed by atoms with Crippen molar-refractivity contribution < 1.29 is 9.90 Å². The Morgan fingerprint density at radius 1 is 1.29 bits per heavy atom. The number of hydrogen-bond acceptors (Lipinski definition) is 2. The fourth-order valence-corrected chi connectivity index (χ4v) is 2.46. The number of nitrogens with zero attached hydrogens (tertiary/aromatic N) is 1. The van der Waals surface area contributed by atoms with Crippen LogP contribution in [0.2, 0.25) is 0 Å². The molecule has 14 heavy (non-hydrogen) atoms. The number of carbonyl (C=O) groups is 1. The van der Waals surface area contributed by atoms with E-state index in [0.717, 1.165) is 38.4 Å². The normalized spacial score (nSPS) is 29.9. The van der Waals surface area contributed by atoms with E-state index >= 15 is 0 Å². The molecule has 0 aromatic rings. The molecule has 1 atom stereocenters. The highest BCUT2D eigenvalue weighted by molar-refractivity contribution is 5.70. The van der Waals surface area contributed by atoms with Gasteiger partial charge in [-0.25, -0.2) is 0 Å². The van der Waals surface area contributed by atoms with Gasteiger partial charge in [0.05, 0.1) is 5.92 Å². The van der Waals surface area contributed by atoms with Crippen LogP contribution in [0.1, 0.15) is 32.1 Å². The molecule has 2 fully saturated rings. The first-order valence-electron chi connectivity index (χ1n) is 5.71. The highest BCUT2D eigenvalue weighted by Gasteiger charge is 2.28. The first kappa shape index (κ1) is 9.97. The fourth-order valence-electron chi connectivity index (χ4n) is 2.46. The summed E-state index contributed by atoms with van der Waals surface area (Å²) in [5.41, 5.74) is 0. The molecule has 0 spiro atoms. The van der Waals surface area contributed by atoms with Crippen LogP contribution in [-0.2, 0) is 4.79 Å². The molecule has 1 aliphatic heterocycles. The van der Waals surface area contributed by atoms with Gasteiger partial charge in [0.15, 0.2) is 0 Å². The molecule has 3 heteroatoms. The number of carboxylic acid groups (broad SMARTS) is 1. The molecular formula is C11H19NO2. The lowest BCUT2D eigenvalue weighted by atomic mass is 9.84. The Bertz CT molecular complexity index is 213. The Kier molecular flexibility index (Phi) is 3.06. The molecule has 1 saturated heterocycles. The molecule has 1 saturated carbocycles. The summed E-state index contributed by atoms with van der Waals surface area (Å²) >= 11 is 0. The first-order chi connectivity index (χ1) is 6.75. The summed E-state index contributed by atoms with van der Waals surface area (Å²) in [5.74, 6) is 0.148. The molecule has 0 bridgehead atoms. The van der Waals surface area contributed by atoms with E-state index < -0.39 is 5.97 Å². The monoisotopic (exact) mass is 197 g/mol. The summed E-state index contributed by atoms with van der Waals surface area (Å²) in [6, 6.07) is 0. The lowest BCUT2D eigenvalue weighted by Gasteiger charge is -2.36. The van der Waals surface area contributed by atoms with E-state index in [1.165, 1.54) is 19.3 Å². The third kappa shape index (κ3) is 2.27. The summed E-state index contributed by atoms with van der Waals surface area (Å²) < 4.78 is 0. The number of hydrogen-bond donors (Lipinski definition) is 1. The van der Waals surface area contributed by atoms with Crippen molar-refractivity contribution >= 4 is 5.97 Å². The van der Waals surface area contributed by atoms with Crippen LogP contribution in [-0.4, -0.2) is 35.6 Å². The quantitative estimate of drug-likeness (QED) is 0.746. The predicted molar refractivity (Wildman–Crippen MR) is 54.1 cm³/mol. The molecule has 2 aliphatic rings. The molecule has 0 aromatic carbocycles. The average molecular weight is 197 g/mol. The van der Waals surface area contributed by atoms with Crippen molar-refractivity contribution in [3.63, 3.8) is 0 Å². The van der Waals surface area contributed by atoms with Gasteiger partial charge in [-0.05, 0) is 38.1 Å². The van der Waals surface area contributed by atoms with Crippen LogP contribution < -0.4 is 0 Å². The minimum atomic E-state index is -0.608. The van der Waals surface area contributed by atoms with Gasteiger partial charge in [-0.3, -0.25) is 4.79 Å².